The zero-order chi connectivity index (χ0) is 25.8. The van der Waals surface area contributed by atoms with Crippen LogP contribution in [0, 0.1) is 6.92 Å². The lowest BCUT2D eigenvalue weighted by Gasteiger charge is -2.26. The zero-order valence-electron chi connectivity index (χ0n) is 19.8. The summed E-state index contributed by atoms with van der Waals surface area (Å²) in [5.41, 5.74) is 1.67. The van der Waals surface area contributed by atoms with Gasteiger partial charge in [-0.05, 0) is 55.0 Å². The van der Waals surface area contributed by atoms with E-state index in [-0.39, 0.29) is 10.6 Å². The Morgan fingerprint density at radius 2 is 1.63 bits per heavy atom. The molecule has 11 heteroatoms. The minimum Gasteiger partial charge on any atom is -0.495 e. The van der Waals surface area contributed by atoms with Crippen molar-refractivity contribution in [2.75, 3.05) is 40.9 Å². The molecule has 0 saturated heterocycles. The van der Waals surface area contributed by atoms with E-state index in [9.17, 15) is 21.6 Å². The van der Waals surface area contributed by atoms with Gasteiger partial charge in [-0.25, -0.2) is 16.8 Å². The van der Waals surface area contributed by atoms with Crippen LogP contribution in [0.3, 0.4) is 0 Å². The third kappa shape index (κ3) is 6.11. The summed E-state index contributed by atoms with van der Waals surface area (Å²) in [6.07, 6.45) is 1.07. The van der Waals surface area contributed by atoms with E-state index < -0.39 is 32.5 Å². The number of carbonyl (C=O) groups is 1. The Hall–Kier alpha value is -3.57. The van der Waals surface area contributed by atoms with Crippen molar-refractivity contribution in [2.24, 2.45) is 0 Å². The number of rotatable bonds is 9. The minimum atomic E-state index is -4.13. The fraction of sp³-hybridized carbons (Fsp3) is 0.208. The number of nitrogens with one attached hydrogen (secondary N) is 1. The average Bonchev–Trinajstić information content (AvgIpc) is 2.82. The Morgan fingerprint density at radius 1 is 0.943 bits per heavy atom. The maximum atomic E-state index is 13.6. The normalized spacial score (nSPS) is 11.5. The largest absolute Gasteiger partial charge is 0.495 e. The summed E-state index contributed by atoms with van der Waals surface area (Å²) in [6.45, 7) is 1.27. The van der Waals surface area contributed by atoms with Gasteiger partial charge in [0.2, 0.25) is 15.9 Å². The first-order chi connectivity index (χ1) is 16.4. The van der Waals surface area contributed by atoms with Gasteiger partial charge >= 0.3 is 0 Å². The molecule has 1 N–H and O–H groups in total. The molecule has 186 valence electrons. The first kappa shape index (κ1) is 26.0. The molecule has 0 bridgehead atoms. The van der Waals surface area contributed by atoms with Gasteiger partial charge < -0.3 is 10.1 Å². The summed E-state index contributed by atoms with van der Waals surface area (Å²) in [4.78, 5) is 13.1. The molecule has 3 aromatic rings. The van der Waals surface area contributed by atoms with Crippen molar-refractivity contribution in [3.05, 3.63) is 78.4 Å². The lowest BCUT2D eigenvalue weighted by molar-refractivity contribution is -0.114. The molecular formula is C24H27N3O6S2. The van der Waals surface area contributed by atoms with Crippen LogP contribution in [0.4, 0.5) is 17.1 Å². The number of benzene rings is 3. The number of hydrogen-bond acceptors (Lipinski definition) is 6. The maximum Gasteiger partial charge on any atom is 0.264 e. The van der Waals surface area contributed by atoms with Crippen molar-refractivity contribution in [3.63, 3.8) is 0 Å². The van der Waals surface area contributed by atoms with Crippen LogP contribution in [0.2, 0.25) is 0 Å². The summed E-state index contributed by atoms with van der Waals surface area (Å²) in [5.74, 6) is -0.327. The molecule has 1 amide bonds. The van der Waals surface area contributed by atoms with Crippen molar-refractivity contribution in [3.8, 4) is 5.75 Å². The summed E-state index contributed by atoms with van der Waals surface area (Å²) >= 11 is 0. The number of nitrogens with zero attached hydrogens (tertiary/aromatic N) is 2. The number of methoxy groups -OCH3 is 1. The highest BCUT2D eigenvalue weighted by Gasteiger charge is 2.29. The third-order valence-electron chi connectivity index (χ3n) is 5.21. The van der Waals surface area contributed by atoms with Gasteiger partial charge in [0.05, 0.1) is 29.6 Å². The molecule has 3 aromatic carbocycles. The first-order valence-corrected chi connectivity index (χ1v) is 13.8. The van der Waals surface area contributed by atoms with E-state index in [2.05, 4.69) is 5.32 Å². The van der Waals surface area contributed by atoms with Gasteiger partial charge in [0.1, 0.15) is 12.3 Å². The van der Waals surface area contributed by atoms with Gasteiger partial charge in [-0.3, -0.25) is 13.4 Å². The highest BCUT2D eigenvalue weighted by Crippen LogP contribution is 2.33. The number of amides is 1. The van der Waals surface area contributed by atoms with Crippen molar-refractivity contribution in [1.82, 2.24) is 0 Å². The second-order valence-electron chi connectivity index (χ2n) is 7.83. The molecular weight excluding hydrogens is 490 g/mol. The highest BCUT2D eigenvalue weighted by atomic mass is 32.2. The van der Waals surface area contributed by atoms with Gasteiger partial charge in [-0.15, -0.1) is 0 Å². The topological polar surface area (TPSA) is 113 Å². The molecule has 0 aliphatic carbocycles. The molecule has 0 radical (unpaired) electrons. The van der Waals surface area contributed by atoms with Crippen LogP contribution in [0.5, 0.6) is 5.75 Å². The standard InChI is InChI=1S/C24H27N3O6S2/c1-18-13-14-23(33-3)22(15-18)27(35(31,32)21-11-6-5-7-12-21)17-24(28)25-19-9-8-10-20(16-19)26(2)34(4,29)30/h5-16H,17H2,1-4H3,(H,25,28). The lowest BCUT2D eigenvalue weighted by atomic mass is 10.2. The van der Waals surface area contributed by atoms with E-state index in [0.717, 1.165) is 20.4 Å². The second kappa shape index (κ2) is 10.4. The second-order valence-corrected chi connectivity index (χ2v) is 11.7. The zero-order valence-corrected chi connectivity index (χ0v) is 21.4. The molecule has 0 atom stereocenters. The van der Waals surface area contributed by atoms with E-state index in [4.69, 9.17) is 4.74 Å². The Kier molecular flexibility index (Phi) is 7.71. The van der Waals surface area contributed by atoms with Crippen molar-refractivity contribution in [1.29, 1.82) is 0 Å². The molecule has 0 unspecified atom stereocenters. The molecule has 0 fully saturated rings. The van der Waals surface area contributed by atoms with Crippen molar-refractivity contribution >= 4 is 43.0 Å². The van der Waals surface area contributed by atoms with E-state index in [1.54, 1.807) is 61.5 Å². The smallest absolute Gasteiger partial charge is 0.264 e. The average molecular weight is 518 g/mol. The molecule has 0 saturated carbocycles. The highest BCUT2D eigenvalue weighted by molar-refractivity contribution is 7.93. The molecule has 0 spiro atoms. The minimum absolute atomic E-state index is 0.0214. The monoisotopic (exact) mass is 517 g/mol. The number of anilines is 3. The molecule has 0 aromatic heterocycles. The van der Waals surface area contributed by atoms with Crippen LogP contribution in [0.1, 0.15) is 5.56 Å². The van der Waals surface area contributed by atoms with Gasteiger partial charge in [0.25, 0.3) is 10.0 Å². The molecule has 0 heterocycles. The Bertz CT molecular complexity index is 1420. The lowest BCUT2D eigenvalue weighted by Crippen LogP contribution is -2.38. The predicted molar refractivity (Wildman–Crippen MR) is 137 cm³/mol. The molecule has 0 aliphatic heterocycles. The van der Waals surface area contributed by atoms with Crippen LogP contribution >= 0.6 is 0 Å². The van der Waals surface area contributed by atoms with Gasteiger partial charge in [0.15, 0.2) is 0 Å². The van der Waals surface area contributed by atoms with E-state index in [1.807, 2.05) is 0 Å². The van der Waals surface area contributed by atoms with Crippen molar-refractivity contribution in [2.45, 2.75) is 11.8 Å². The number of ether oxygens (including phenoxy) is 1. The van der Waals surface area contributed by atoms with Crippen LogP contribution in [-0.2, 0) is 24.8 Å². The van der Waals surface area contributed by atoms with Crippen LogP contribution in [-0.4, -0.2) is 49.7 Å². The Morgan fingerprint density at radius 3 is 2.26 bits per heavy atom. The van der Waals surface area contributed by atoms with Gasteiger partial charge in [-0.2, -0.15) is 0 Å². The number of aryl methyl sites for hydroxylation is 1. The van der Waals surface area contributed by atoms with Crippen molar-refractivity contribution < 1.29 is 26.4 Å². The Balaban J connectivity index is 1.98. The van der Waals surface area contributed by atoms with Crippen LogP contribution in [0.25, 0.3) is 0 Å². The Labute approximate surface area is 206 Å². The SMILES string of the molecule is COc1ccc(C)cc1N(CC(=O)Nc1cccc(N(C)S(C)(=O)=O)c1)S(=O)(=O)c1ccccc1. The number of hydrogen-bond donors (Lipinski definition) is 1. The quantitative estimate of drug-likeness (QED) is 0.466. The van der Waals surface area contributed by atoms with Crippen LogP contribution < -0.4 is 18.7 Å². The molecule has 3 rings (SSSR count). The van der Waals surface area contributed by atoms with E-state index in [1.165, 1.54) is 32.4 Å². The summed E-state index contributed by atoms with van der Waals surface area (Å²) in [5, 5.41) is 2.66. The summed E-state index contributed by atoms with van der Waals surface area (Å²) in [7, 11) is -4.81. The predicted octanol–water partition coefficient (Wildman–Crippen LogP) is 3.23. The van der Waals surface area contributed by atoms with Gasteiger partial charge in [0, 0.05) is 12.7 Å². The maximum absolute atomic E-state index is 13.6. The molecule has 0 aliphatic rings. The summed E-state index contributed by atoms with van der Waals surface area (Å²) < 4.78 is 58.3. The van der Waals surface area contributed by atoms with E-state index in [0.29, 0.717) is 17.1 Å². The fourth-order valence-corrected chi connectivity index (χ4v) is 5.26. The fourth-order valence-electron chi connectivity index (χ4n) is 3.32. The van der Waals surface area contributed by atoms with Crippen LogP contribution in [0.15, 0.2) is 77.7 Å². The van der Waals surface area contributed by atoms with Gasteiger partial charge in [-0.1, -0.05) is 30.3 Å². The number of sulfonamides is 2. The summed E-state index contributed by atoms with van der Waals surface area (Å²) in [6, 6.07) is 19.1. The first-order valence-electron chi connectivity index (χ1n) is 10.5. The number of carbonyl (C=O) groups excluding carboxylic acids is 1. The van der Waals surface area contributed by atoms with E-state index >= 15 is 0 Å². The third-order valence-corrected chi connectivity index (χ3v) is 8.19. The molecule has 35 heavy (non-hydrogen) atoms. The molecule has 9 nitrogen and oxygen atoms in total.